The Balaban J connectivity index is 1.10. The molecule has 11 aromatic rings. The van der Waals surface area contributed by atoms with Crippen molar-refractivity contribution in [3.63, 3.8) is 0 Å². The van der Waals surface area contributed by atoms with E-state index in [1.165, 1.54) is 0 Å². The van der Waals surface area contributed by atoms with Crippen molar-refractivity contribution in [2.75, 3.05) is 0 Å². The summed E-state index contributed by atoms with van der Waals surface area (Å²) in [5, 5.41) is 0. The quantitative estimate of drug-likeness (QED) is 0.156. The number of aromatic nitrogens is 12. The third kappa shape index (κ3) is 6.88. The van der Waals surface area contributed by atoms with Crippen molar-refractivity contribution in [2.24, 2.45) is 0 Å². The SMILES string of the molecule is C1=Cc2nc1c(-c1ccc(-n3ccnc3)cc1)c1ccc([nH]1)c(-c1ccc(-n3ccnc3)cc1)c1nc(c(-c3ccc(-n4ccnc4)cc3)c3ccc([nH]3)c2-c2ccc(-n3ccnc3)cc2)C=C1. The number of nitrogens with zero attached hydrogens (tertiary/aromatic N) is 10. The molecule has 0 spiro atoms. The van der Waals surface area contributed by atoms with E-state index in [9.17, 15) is 0 Å². The summed E-state index contributed by atoms with van der Waals surface area (Å²) in [6.07, 6.45) is 30.7. The Morgan fingerprint density at radius 3 is 0.721 bits per heavy atom. The van der Waals surface area contributed by atoms with Gasteiger partial charge in [0, 0.05) is 117 Å². The number of aromatic amines is 2. The lowest BCUT2D eigenvalue weighted by atomic mass is 10.0. The van der Waals surface area contributed by atoms with Crippen molar-refractivity contribution < 1.29 is 0 Å². The van der Waals surface area contributed by atoms with Gasteiger partial charge in [-0.25, -0.2) is 29.9 Å². The summed E-state index contributed by atoms with van der Waals surface area (Å²) < 4.78 is 8.01. The van der Waals surface area contributed by atoms with Gasteiger partial charge in [-0.15, -0.1) is 0 Å². The van der Waals surface area contributed by atoms with Crippen LogP contribution in [-0.4, -0.2) is 58.1 Å². The van der Waals surface area contributed by atoms with Crippen molar-refractivity contribution in [3.8, 4) is 67.3 Å². The Morgan fingerprint density at radius 1 is 0.279 bits per heavy atom. The molecule has 4 aromatic carbocycles. The van der Waals surface area contributed by atoms with Gasteiger partial charge in [0.15, 0.2) is 0 Å². The molecule has 0 amide bonds. The van der Waals surface area contributed by atoms with Crippen LogP contribution in [-0.2, 0) is 0 Å². The highest BCUT2D eigenvalue weighted by molar-refractivity contribution is 6.00. The molecule has 0 aliphatic carbocycles. The lowest BCUT2D eigenvalue weighted by molar-refractivity contribution is 1.06. The van der Waals surface area contributed by atoms with Crippen LogP contribution in [0.4, 0.5) is 0 Å². The molecule has 2 aliphatic rings. The first kappa shape index (κ1) is 38.8. The van der Waals surface area contributed by atoms with E-state index >= 15 is 0 Å². The number of fused-ring (bicyclic) bond motifs is 8. The Morgan fingerprint density at radius 2 is 0.515 bits per heavy atom. The van der Waals surface area contributed by atoms with Gasteiger partial charge in [0.05, 0.1) is 48.1 Å². The Labute approximate surface area is 389 Å². The molecule has 12 heteroatoms. The number of nitrogens with one attached hydrogen (secondary N) is 2. The predicted octanol–water partition coefficient (Wildman–Crippen LogP) is 12.1. The second-order valence-corrected chi connectivity index (χ2v) is 16.6. The van der Waals surface area contributed by atoms with E-state index in [2.05, 4.69) is 176 Å². The minimum absolute atomic E-state index is 0.834. The monoisotopic (exact) mass is 878 g/mol. The van der Waals surface area contributed by atoms with Crippen molar-refractivity contribution >= 4 is 46.4 Å². The van der Waals surface area contributed by atoms with Crippen LogP contribution in [0.5, 0.6) is 0 Å². The first-order valence-corrected chi connectivity index (χ1v) is 22.2. The molecule has 13 rings (SSSR count). The molecule has 322 valence electrons. The van der Waals surface area contributed by atoms with E-state index in [1.807, 2.05) is 68.4 Å². The van der Waals surface area contributed by atoms with E-state index in [0.717, 1.165) is 112 Å². The van der Waals surface area contributed by atoms with Crippen LogP contribution in [0.1, 0.15) is 22.8 Å². The van der Waals surface area contributed by atoms with Gasteiger partial charge < -0.3 is 28.2 Å². The Hall–Kier alpha value is -9.68. The zero-order valence-corrected chi connectivity index (χ0v) is 36.3. The molecule has 12 nitrogen and oxygen atoms in total. The average Bonchev–Trinajstić information content (AvgIpc) is 4.24. The van der Waals surface area contributed by atoms with Crippen molar-refractivity contribution in [1.29, 1.82) is 0 Å². The van der Waals surface area contributed by atoms with E-state index in [-0.39, 0.29) is 0 Å². The van der Waals surface area contributed by atoms with Crippen LogP contribution in [0.3, 0.4) is 0 Å². The first-order valence-electron chi connectivity index (χ1n) is 22.2. The zero-order chi connectivity index (χ0) is 45.0. The molecule has 9 heterocycles. The smallest absolute Gasteiger partial charge is 0.0991 e. The minimum Gasteiger partial charge on any atom is -0.354 e. The molecule has 2 N–H and O–H groups in total. The van der Waals surface area contributed by atoms with Crippen LogP contribution < -0.4 is 0 Å². The summed E-state index contributed by atoms with van der Waals surface area (Å²) in [6.45, 7) is 0. The van der Waals surface area contributed by atoms with E-state index in [1.54, 1.807) is 24.8 Å². The fourth-order valence-electron chi connectivity index (χ4n) is 9.27. The zero-order valence-electron chi connectivity index (χ0n) is 36.3. The number of hydrogen-bond acceptors (Lipinski definition) is 6. The summed E-state index contributed by atoms with van der Waals surface area (Å²) in [5.74, 6) is 0. The van der Waals surface area contributed by atoms with Gasteiger partial charge in [-0.05, 0) is 119 Å². The molecule has 0 unspecified atom stereocenters. The summed E-state index contributed by atoms with van der Waals surface area (Å²) in [6, 6.07) is 42.7. The number of hydrogen-bond donors (Lipinski definition) is 2. The molecule has 0 saturated heterocycles. The Kier molecular flexibility index (Phi) is 9.17. The van der Waals surface area contributed by atoms with Gasteiger partial charge in [-0.3, -0.25) is 0 Å². The van der Waals surface area contributed by atoms with Crippen molar-refractivity contribution in [1.82, 2.24) is 58.1 Å². The fourth-order valence-corrected chi connectivity index (χ4v) is 9.27. The molecule has 0 radical (unpaired) electrons. The average molecular weight is 879 g/mol. The van der Waals surface area contributed by atoms with Gasteiger partial charge in [-0.2, -0.15) is 0 Å². The molecule has 8 bridgehead atoms. The largest absolute Gasteiger partial charge is 0.354 e. The maximum absolute atomic E-state index is 5.52. The van der Waals surface area contributed by atoms with Crippen molar-refractivity contribution in [2.45, 2.75) is 0 Å². The normalized spacial score (nSPS) is 12.0. The van der Waals surface area contributed by atoms with Crippen LogP contribution in [0.2, 0.25) is 0 Å². The third-order valence-electron chi connectivity index (χ3n) is 12.6. The Bertz CT molecular complexity index is 3330. The van der Waals surface area contributed by atoms with Crippen LogP contribution in [0, 0.1) is 0 Å². The summed E-state index contributed by atoms with van der Waals surface area (Å²) >= 11 is 0. The van der Waals surface area contributed by atoms with E-state index in [4.69, 9.17) is 9.97 Å². The molecule has 68 heavy (non-hydrogen) atoms. The van der Waals surface area contributed by atoms with E-state index in [0.29, 0.717) is 0 Å². The predicted molar refractivity (Wildman–Crippen MR) is 269 cm³/mol. The maximum atomic E-state index is 5.52. The number of rotatable bonds is 8. The lowest BCUT2D eigenvalue weighted by Crippen LogP contribution is -1.93. The van der Waals surface area contributed by atoms with Gasteiger partial charge in [0.2, 0.25) is 0 Å². The fraction of sp³-hybridized carbons (Fsp3) is 0. The highest BCUT2D eigenvalue weighted by atomic mass is 15.0. The summed E-state index contributed by atoms with van der Waals surface area (Å²) in [4.78, 5) is 35.9. The summed E-state index contributed by atoms with van der Waals surface area (Å²) in [7, 11) is 0. The second kappa shape index (κ2) is 16.1. The maximum Gasteiger partial charge on any atom is 0.0991 e. The molecule has 2 aliphatic heterocycles. The number of benzene rings is 4. The van der Waals surface area contributed by atoms with E-state index < -0.39 is 0 Å². The van der Waals surface area contributed by atoms with Gasteiger partial charge in [-0.1, -0.05) is 48.5 Å². The standard InChI is InChI=1S/C56H38N12/c1-9-41(65-29-25-57-33-65)10-2-37(1)53-45-17-19-47(61-45)54(38-3-11-42(12-4-38)66-30-26-58-34-66)49-21-23-51(63-49)56(40-7-15-44(16-8-40)68-32-28-60-36-68)52-24-22-50(64-52)55(48-20-18-46(53)62-48)39-5-13-43(14-6-39)67-31-27-59-35-67/h1-36,61,64H. The topological polar surface area (TPSA) is 129 Å². The molecule has 7 aromatic heterocycles. The van der Waals surface area contributed by atoms with Crippen LogP contribution in [0.15, 0.2) is 196 Å². The van der Waals surface area contributed by atoms with Crippen LogP contribution >= 0.6 is 0 Å². The third-order valence-corrected chi connectivity index (χ3v) is 12.6. The van der Waals surface area contributed by atoms with Gasteiger partial charge >= 0.3 is 0 Å². The molecule has 0 atom stereocenters. The molecule has 0 fully saturated rings. The first-order chi connectivity index (χ1) is 33.7. The second-order valence-electron chi connectivity index (χ2n) is 16.6. The molecule has 0 saturated carbocycles. The van der Waals surface area contributed by atoms with Crippen molar-refractivity contribution in [3.05, 3.63) is 219 Å². The number of imidazole rings is 4. The lowest BCUT2D eigenvalue weighted by Gasteiger charge is -2.09. The molecular weight excluding hydrogens is 841 g/mol. The van der Waals surface area contributed by atoms with Gasteiger partial charge in [0.25, 0.3) is 0 Å². The highest BCUT2D eigenvalue weighted by Gasteiger charge is 2.20. The minimum atomic E-state index is 0.834. The molecular formula is C56H38N12. The summed E-state index contributed by atoms with van der Waals surface area (Å²) in [5.41, 5.74) is 19.0. The van der Waals surface area contributed by atoms with Crippen LogP contribution in [0.25, 0.3) is 114 Å². The number of H-pyrrole nitrogens is 2. The highest BCUT2D eigenvalue weighted by Crippen LogP contribution is 2.39. The van der Waals surface area contributed by atoms with Gasteiger partial charge in [0.1, 0.15) is 0 Å².